The number of nitrogen functional groups attached to an aromatic ring is 1. The summed E-state index contributed by atoms with van der Waals surface area (Å²) in [4.78, 5) is 0. The molecule has 0 saturated heterocycles. The van der Waals surface area contributed by atoms with Crippen LogP contribution in [0.2, 0.25) is 0 Å². The van der Waals surface area contributed by atoms with Gasteiger partial charge in [0.05, 0.1) is 11.8 Å². The first kappa shape index (κ1) is 8.96. The van der Waals surface area contributed by atoms with Gasteiger partial charge < -0.3 is 14.7 Å². The highest BCUT2D eigenvalue weighted by molar-refractivity contribution is 5.93. The Balaban J connectivity index is 2.36. The quantitative estimate of drug-likeness (QED) is 0.682. The Kier molecular flexibility index (Phi) is 1.73. The fourth-order valence-electron chi connectivity index (χ4n) is 1.68. The van der Waals surface area contributed by atoms with E-state index in [1.54, 1.807) is 12.1 Å². The maximum absolute atomic E-state index is 13.7. The highest BCUT2D eigenvalue weighted by Gasteiger charge is 2.15. The SMILES string of the molecule is Nc1cc(-c2c(F)ccc3occc23)no1. The molecule has 2 N–H and O–H groups in total. The number of furan rings is 1. The van der Waals surface area contributed by atoms with Gasteiger partial charge in [0.2, 0.25) is 5.88 Å². The molecular weight excluding hydrogens is 211 g/mol. The summed E-state index contributed by atoms with van der Waals surface area (Å²) in [6, 6.07) is 6.05. The number of hydrogen-bond acceptors (Lipinski definition) is 4. The van der Waals surface area contributed by atoms with Crippen molar-refractivity contribution in [3.05, 3.63) is 36.3 Å². The first-order valence-corrected chi connectivity index (χ1v) is 4.64. The Morgan fingerprint density at radius 2 is 2.12 bits per heavy atom. The fraction of sp³-hybridized carbons (Fsp3) is 0. The van der Waals surface area contributed by atoms with Crippen molar-refractivity contribution in [2.75, 3.05) is 5.73 Å². The minimum Gasteiger partial charge on any atom is -0.464 e. The molecule has 4 nitrogen and oxygen atoms in total. The van der Waals surface area contributed by atoms with Gasteiger partial charge in [0, 0.05) is 11.5 Å². The number of benzene rings is 1. The Morgan fingerprint density at radius 3 is 2.88 bits per heavy atom. The number of aromatic nitrogens is 1. The van der Waals surface area contributed by atoms with Gasteiger partial charge >= 0.3 is 0 Å². The van der Waals surface area contributed by atoms with Crippen molar-refractivity contribution in [2.45, 2.75) is 0 Å². The van der Waals surface area contributed by atoms with Crippen molar-refractivity contribution in [1.82, 2.24) is 5.16 Å². The summed E-state index contributed by atoms with van der Waals surface area (Å²) in [7, 11) is 0. The van der Waals surface area contributed by atoms with Gasteiger partial charge in [0.15, 0.2) is 0 Å². The van der Waals surface area contributed by atoms with Crippen LogP contribution in [-0.4, -0.2) is 5.16 Å². The van der Waals surface area contributed by atoms with Gasteiger partial charge in [-0.15, -0.1) is 0 Å². The minimum absolute atomic E-state index is 0.148. The molecule has 0 atom stereocenters. The van der Waals surface area contributed by atoms with Crippen molar-refractivity contribution < 1.29 is 13.3 Å². The highest BCUT2D eigenvalue weighted by atomic mass is 19.1. The molecule has 80 valence electrons. The molecule has 0 fully saturated rings. The molecule has 0 aliphatic heterocycles. The van der Waals surface area contributed by atoms with E-state index < -0.39 is 0 Å². The third-order valence-electron chi connectivity index (χ3n) is 2.37. The zero-order valence-corrected chi connectivity index (χ0v) is 8.11. The summed E-state index contributed by atoms with van der Waals surface area (Å²) in [6.45, 7) is 0. The van der Waals surface area contributed by atoms with Crippen LogP contribution in [0.3, 0.4) is 0 Å². The maximum Gasteiger partial charge on any atom is 0.222 e. The number of hydrogen-bond donors (Lipinski definition) is 1. The molecule has 2 heterocycles. The number of fused-ring (bicyclic) bond motifs is 1. The zero-order chi connectivity index (χ0) is 11.1. The molecule has 0 radical (unpaired) electrons. The summed E-state index contributed by atoms with van der Waals surface area (Å²) >= 11 is 0. The average Bonchev–Trinajstić information content (AvgIpc) is 2.86. The minimum atomic E-state index is -0.387. The molecular formula is C11H7FN2O2. The Bertz CT molecular complexity index is 657. The van der Waals surface area contributed by atoms with Crippen LogP contribution >= 0.6 is 0 Å². The zero-order valence-electron chi connectivity index (χ0n) is 8.11. The van der Waals surface area contributed by atoms with Crippen molar-refractivity contribution in [2.24, 2.45) is 0 Å². The van der Waals surface area contributed by atoms with E-state index >= 15 is 0 Å². The maximum atomic E-state index is 13.7. The Hall–Kier alpha value is -2.30. The highest BCUT2D eigenvalue weighted by Crippen LogP contribution is 2.31. The number of halogens is 1. The van der Waals surface area contributed by atoms with Crippen LogP contribution < -0.4 is 5.73 Å². The van der Waals surface area contributed by atoms with E-state index in [9.17, 15) is 4.39 Å². The van der Waals surface area contributed by atoms with Crippen LogP contribution in [0.1, 0.15) is 0 Å². The van der Waals surface area contributed by atoms with Gasteiger partial charge in [-0.25, -0.2) is 4.39 Å². The van der Waals surface area contributed by atoms with E-state index in [2.05, 4.69) is 5.16 Å². The van der Waals surface area contributed by atoms with Crippen molar-refractivity contribution in [3.8, 4) is 11.3 Å². The number of nitrogens with zero attached hydrogens (tertiary/aromatic N) is 1. The molecule has 5 heteroatoms. The fourth-order valence-corrected chi connectivity index (χ4v) is 1.68. The van der Waals surface area contributed by atoms with Crippen LogP contribution in [0.15, 0.2) is 39.5 Å². The third-order valence-corrected chi connectivity index (χ3v) is 2.37. The molecule has 0 aliphatic carbocycles. The van der Waals surface area contributed by atoms with Gasteiger partial charge in [0.25, 0.3) is 0 Å². The van der Waals surface area contributed by atoms with E-state index in [0.29, 0.717) is 22.2 Å². The second-order valence-electron chi connectivity index (χ2n) is 3.37. The second-order valence-corrected chi connectivity index (χ2v) is 3.37. The molecule has 0 bridgehead atoms. The normalized spacial score (nSPS) is 11.1. The van der Waals surface area contributed by atoms with E-state index in [-0.39, 0.29) is 11.7 Å². The number of anilines is 1. The van der Waals surface area contributed by atoms with Gasteiger partial charge in [-0.3, -0.25) is 0 Å². The van der Waals surface area contributed by atoms with Gasteiger partial charge in [-0.1, -0.05) is 5.16 Å². The van der Waals surface area contributed by atoms with Gasteiger partial charge in [-0.05, 0) is 18.2 Å². The van der Waals surface area contributed by atoms with Crippen molar-refractivity contribution in [3.63, 3.8) is 0 Å². The van der Waals surface area contributed by atoms with E-state index in [0.717, 1.165) is 0 Å². The number of rotatable bonds is 1. The molecule has 2 aromatic heterocycles. The first-order valence-electron chi connectivity index (χ1n) is 4.64. The van der Waals surface area contributed by atoms with Crippen molar-refractivity contribution >= 4 is 16.9 Å². The van der Waals surface area contributed by atoms with E-state index in [4.69, 9.17) is 14.7 Å². The predicted octanol–water partition coefficient (Wildman–Crippen LogP) is 2.81. The average molecular weight is 218 g/mol. The number of nitrogens with two attached hydrogens (primary N) is 1. The summed E-state index contributed by atoms with van der Waals surface area (Å²) in [6.07, 6.45) is 1.50. The summed E-state index contributed by atoms with van der Waals surface area (Å²) in [5, 5.41) is 4.34. The molecule has 0 saturated carbocycles. The van der Waals surface area contributed by atoms with Crippen LogP contribution in [0.4, 0.5) is 10.3 Å². The van der Waals surface area contributed by atoms with Crippen LogP contribution in [-0.2, 0) is 0 Å². The molecule has 3 aromatic rings. The lowest BCUT2D eigenvalue weighted by Crippen LogP contribution is -1.85. The predicted molar refractivity (Wildman–Crippen MR) is 56.1 cm³/mol. The Morgan fingerprint density at radius 1 is 1.25 bits per heavy atom. The van der Waals surface area contributed by atoms with Crippen LogP contribution in [0, 0.1) is 5.82 Å². The first-order chi connectivity index (χ1) is 7.75. The largest absolute Gasteiger partial charge is 0.464 e. The topological polar surface area (TPSA) is 65.2 Å². The lowest BCUT2D eigenvalue weighted by atomic mass is 10.1. The van der Waals surface area contributed by atoms with Crippen LogP contribution in [0.25, 0.3) is 22.2 Å². The summed E-state index contributed by atoms with van der Waals surface area (Å²) < 4.78 is 23.6. The van der Waals surface area contributed by atoms with Crippen molar-refractivity contribution in [1.29, 1.82) is 0 Å². The lowest BCUT2D eigenvalue weighted by molar-refractivity contribution is 0.439. The molecule has 0 aliphatic rings. The van der Waals surface area contributed by atoms with Gasteiger partial charge in [-0.2, -0.15) is 0 Å². The Labute approximate surface area is 89.4 Å². The summed E-state index contributed by atoms with van der Waals surface area (Å²) in [5.74, 6) is -0.239. The van der Waals surface area contributed by atoms with Gasteiger partial charge in [0.1, 0.15) is 17.1 Å². The van der Waals surface area contributed by atoms with E-state index in [1.807, 2.05) is 0 Å². The lowest BCUT2D eigenvalue weighted by Gasteiger charge is -1.99. The molecule has 0 spiro atoms. The smallest absolute Gasteiger partial charge is 0.222 e. The standard InChI is InChI=1S/C11H7FN2O2/c12-7-1-2-9-6(3-4-15-9)11(7)8-5-10(13)16-14-8/h1-5H,13H2. The molecule has 3 rings (SSSR count). The molecule has 16 heavy (non-hydrogen) atoms. The third kappa shape index (κ3) is 1.18. The van der Waals surface area contributed by atoms with Crippen LogP contribution in [0.5, 0.6) is 0 Å². The summed E-state index contributed by atoms with van der Waals surface area (Å²) in [5.41, 5.74) is 6.71. The molecule has 1 aromatic carbocycles. The molecule has 0 unspecified atom stereocenters. The molecule has 0 amide bonds. The monoisotopic (exact) mass is 218 g/mol. The second kappa shape index (κ2) is 3.10. The van der Waals surface area contributed by atoms with E-state index in [1.165, 1.54) is 18.4 Å².